The fourth-order valence-corrected chi connectivity index (χ4v) is 2.68. The van der Waals surface area contributed by atoms with Crippen LogP contribution >= 0.6 is 24.0 Å². The quantitative estimate of drug-likeness (QED) is 0.395. The lowest BCUT2D eigenvalue weighted by atomic mass is 9.96. The second-order valence-electron chi connectivity index (χ2n) is 6.07. The van der Waals surface area contributed by atoms with Gasteiger partial charge in [0.1, 0.15) is 12.4 Å². The average molecular weight is 459 g/mol. The van der Waals surface area contributed by atoms with Crippen LogP contribution < -0.4 is 10.6 Å². The Morgan fingerprint density at radius 3 is 2.76 bits per heavy atom. The van der Waals surface area contributed by atoms with Crippen LogP contribution in [0.4, 0.5) is 4.39 Å². The monoisotopic (exact) mass is 459 g/mol. The number of rotatable bonds is 6. The normalized spacial score (nSPS) is 15.4. The van der Waals surface area contributed by atoms with E-state index < -0.39 is 0 Å². The number of aryl methyl sites for hydroxylation is 1. The first-order valence-electron chi connectivity index (χ1n) is 8.19. The predicted octanol–water partition coefficient (Wildman–Crippen LogP) is 2.92. The number of halogens is 2. The topological polar surface area (TPSA) is 75.3 Å². The first-order chi connectivity index (χ1) is 11.6. The van der Waals surface area contributed by atoms with E-state index in [-0.39, 0.29) is 35.2 Å². The zero-order chi connectivity index (χ0) is 17.0. The van der Waals surface area contributed by atoms with Gasteiger partial charge in [-0.15, -0.1) is 24.0 Å². The number of hydrogen-bond donors (Lipinski definition) is 2. The Balaban J connectivity index is 0.00000225. The van der Waals surface area contributed by atoms with E-state index in [1.165, 1.54) is 6.07 Å². The molecule has 0 atom stereocenters. The van der Waals surface area contributed by atoms with Gasteiger partial charge in [-0.3, -0.25) is 0 Å². The number of aliphatic imine (C=N–C) groups is 1. The summed E-state index contributed by atoms with van der Waals surface area (Å²) in [5.74, 6) is 1.58. The summed E-state index contributed by atoms with van der Waals surface area (Å²) in [4.78, 5) is 8.60. The van der Waals surface area contributed by atoms with Gasteiger partial charge in [-0.05, 0) is 44.4 Å². The van der Waals surface area contributed by atoms with E-state index in [0.29, 0.717) is 30.8 Å². The Hall–Kier alpha value is -1.71. The molecule has 3 rings (SSSR count). The number of nitrogens with zero attached hydrogens (tertiary/aromatic N) is 3. The summed E-state index contributed by atoms with van der Waals surface area (Å²) < 4.78 is 18.5. The molecule has 0 amide bonds. The van der Waals surface area contributed by atoms with Crippen molar-refractivity contribution in [1.82, 2.24) is 20.8 Å². The zero-order valence-corrected chi connectivity index (χ0v) is 16.7. The van der Waals surface area contributed by atoms with Gasteiger partial charge in [0, 0.05) is 18.5 Å². The standard InChI is InChI=1S/C17H22FN5O.HI/c1-3-19-16(20-10-15-22-12(2)23-24-15)21-11-17(7-8-17)13-5-4-6-14(18)9-13;/h4-6,9H,3,7-8,10-11H2,1-2H3,(H2,19,20,21);1H. The molecule has 2 N–H and O–H groups in total. The molecule has 136 valence electrons. The first kappa shape index (κ1) is 19.6. The van der Waals surface area contributed by atoms with Crippen LogP contribution in [0.15, 0.2) is 33.8 Å². The van der Waals surface area contributed by atoms with Crippen molar-refractivity contribution >= 4 is 29.9 Å². The van der Waals surface area contributed by atoms with Gasteiger partial charge in [0.2, 0.25) is 5.89 Å². The third kappa shape index (κ3) is 5.13. The lowest BCUT2D eigenvalue weighted by Crippen LogP contribution is -2.41. The SMILES string of the molecule is CCNC(=NCc1nc(C)no1)NCC1(c2cccc(F)c2)CC1.I. The van der Waals surface area contributed by atoms with Crippen molar-refractivity contribution in [1.29, 1.82) is 0 Å². The number of guanidine groups is 1. The van der Waals surface area contributed by atoms with Crippen molar-refractivity contribution < 1.29 is 8.91 Å². The molecular formula is C17H23FIN5O. The van der Waals surface area contributed by atoms with Gasteiger partial charge < -0.3 is 15.2 Å². The van der Waals surface area contributed by atoms with Crippen LogP contribution in [-0.2, 0) is 12.0 Å². The minimum Gasteiger partial charge on any atom is -0.357 e. The maximum atomic E-state index is 13.5. The van der Waals surface area contributed by atoms with Crippen molar-refractivity contribution in [3.63, 3.8) is 0 Å². The minimum atomic E-state index is -0.189. The summed E-state index contributed by atoms with van der Waals surface area (Å²) >= 11 is 0. The van der Waals surface area contributed by atoms with Crippen LogP contribution in [0.25, 0.3) is 0 Å². The molecular weight excluding hydrogens is 436 g/mol. The Morgan fingerprint density at radius 2 is 2.16 bits per heavy atom. The van der Waals surface area contributed by atoms with Crippen molar-refractivity contribution in [2.24, 2.45) is 4.99 Å². The lowest BCUT2D eigenvalue weighted by molar-refractivity contribution is 0.376. The van der Waals surface area contributed by atoms with Gasteiger partial charge in [0.25, 0.3) is 0 Å². The molecule has 1 fully saturated rings. The molecule has 8 heteroatoms. The number of hydrogen-bond acceptors (Lipinski definition) is 4. The third-order valence-corrected chi connectivity index (χ3v) is 4.17. The molecule has 0 radical (unpaired) electrons. The minimum absolute atomic E-state index is 0. The Morgan fingerprint density at radius 1 is 1.36 bits per heavy atom. The molecule has 1 heterocycles. The molecule has 1 saturated carbocycles. The van der Waals surface area contributed by atoms with Gasteiger partial charge in [-0.25, -0.2) is 9.38 Å². The van der Waals surface area contributed by atoms with Gasteiger partial charge in [0.15, 0.2) is 11.8 Å². The van der Waals surface area contributed by atoms with Crippen LogP contribution in [0.2, 0.25) is 0 Å². The van der Waals surface area contributed by atoms with E-state index in [0.717, 1.165) is 24.9 Å². The summed E-state index contributed by atoms with van der Waals surface area (Å²) in [5.41, 5.74) is 1.04. The van der Waals surface area contributed by atoms with Gasteiger partial charge in [-0.1, -0.05) is 17.3 Å². The summed E-state index contributed by atoms with van der Waals surface area (Å²) in [6.07, 6.45) is 2.09. The second-order valence-corrected chi connectivity index (χ2v) is 6.07. The largest absolute Gasteiger partial charge is 0.357 e. The van der Waals surface area contributed by atoms with E-state index in [2.05, 4.69) is 25.8 Å². The van der Waals surface area contributed by atoms with Gasteiger partial charge >= 0.3 is 0 Å². The van der Waals surface area contributed by atoms with Crippen molar-refractivity contribution in [2.45, 2.75) is 38.6 Å². The molecule has 0 saturated heterocycles. The Labute approximate surface area is 163 Å². The Kier molecular flexibility index (Phi) is 6.74. The molecule has 0 spiro atoms. The molecule has 2 aromatic rings. The number of aromatic nitrogens is 2. The van der Waals surface area contributed by atoms with Crippen molar-refractivity contribution in [3.05, 3.63) is 47.4 Å². The fraction of sp³-hybridized carbons (Fsp3) is 0.471. The molecule has 0 unspecified atom stereocenters. The Bertz CT molecular complexity index is 729. The van der Waals surface area contributed by atoms with Crippen molar-refractivity contribution in [3.8, 4) is 0 Å². The molecule has 25 heavy (non-hydrogen) atoms. The van der Waals surface area contributed by atoms with E-state index in [1.807, 2.05) is 13.0 Å². The second kappa shape index (κ2) is 8.59. The van der Waals surface area contributed by atoms with Crippen LogP contribution in [0.1, 0.15) is 37.0 Å². The number of benzene rings is 1. The smallest absolute Gasteiger partial charge is 0.248 e. The van der Waals surface area contributed by atoms with Crippen LogP contribution in [0, 0.1) is 12.7 Å². The highest BCUT2D eigenvalue weighted by Crippen LogP contribution is 2.47. The van der Waals surface area contributed by atoms with Crippen molar-refractivity contribution in [2.75, 3.05) is 13.1 Å². The molecule has 1 aliphatic rings. The maximum Gasteiger partial charge on any atom is 0.248 e. The summed E-state index contributed by atoms with van der Waals surface area (Å²) in [5, 5.41) is 10.3. The molecule has 1 aromatic heterocycles. The molecule has 0 aliphatic heterocycles. The maximum absolute atomic E-state index is 13.5. The predicted molar refractivity (Wildman–Crippen MR) is 105 cm³/mol. The first-order valence-corrected chi connectivity index (χ1v) is 8.19. The van der Waals surface area contributed by atoms with E-state index in [1.54, 1.807) is 19.1 Å². The van der Waals surface area contributed by atoms with E-state index in [9.17, 15) is 4.39 Å². The lowest BCUT2D eigenvalue weighted by Gasteiger charge is -2.19. The molecule has 0 bridgehead atoms. The van der Waals surface area contributed by atoms with E-state index in [4.69, 9.17) is 4.52 Å². The third-order valence-electron chi connectivity index (χ3n) is 4.17. The van der Waals surface area contributed by atoms with Crippen LogP contribution in [0.5, 0.6) is 0 Å². The highest BCUT2D eigenvalue weighted by atomic mass is 127. The molecule has 1 aliphatic carbocycles. The average Bonchev–Trinajstić information content (AvgIpc) is 3.25. The number of nitrogens with one attached hydrogen (secondary N) is 2. The highest BCUT2D eigenvalue weighted by molar-refractivity contribution is 14.0. The summed E-state index contributed by atoms with van der Waals surface area (Å²) in [6.45, 7) is 5.57. The highest BCUT2D eigenvalue weighted by Gasteiger charge is 2.44. The van der Waals surface area contributed by atoms with Crippen LogP contribution in [-0.4, -0.2) is 29.2 Å². The molecule has 6 nitrogen and oxygen atoms in total. The summed E-state index contributed by atoms with van der Waals surface area (Å²) in [7, 11) is 0. The fourth-order valence-electron chi connectivity index (χ4n) is 2.68. The molecule has 1 aromatic carbocycles. The van der Waals surface area contributed by atoms with Gasteiger partial charge in [-0.2, -0.15) is 4.98 Å². The zero-order valence-electron chi connectivity index (χ0n) is 14.4. The van der Waals surface area contributed by atoms with Gasteiger partial charge in [0.05, 0.1) is 0 Å². The van der Waals surface area contributed by atoms with E-state index >= 15 is 0 Å². The summed E-state index contributed by atoms with van der Waals surface area (Å²) in [6, 6.07) is 6.86. The van der Waals surface area contributed by atoms with Crippen LogP contribution in [0.3, 0.4) is 0 Å².